The molecule has 1 fully saturated rings. The molecule has 1 saturated heterocycles. The molecule has 2 unspecified atom stereocenters. The van der Waals surface area contributed by atoms with Gasteiger partial charge < -0.3 is 15.2 Å². The van der Waals surface area contributed by atoms with Gasteiger partial charge in [0, 0.05) is 10.5 Å². The van der Waals surface area contributed by atoms with Gasteiger partial charge in [0.25, 0.3) is 0 Å². The maximum Gasteiger partial charge on any atom is 0.119 e. The maximum atomic E-state index is 5.93. The molecule has 112 valence electrons. The average Bonchev–Trinajstić information content (AvgIpc) is 2.69. The van der Waals surface area contributed by atoms with Crippen molar-refractivity contribution in [2.24, 2.45) is 5.73 Å². The molecule has 0 saturated carbocycles. The van der Waals surface area contributed by atoms with Crippen molar-refractivity contribution in [3.8, 4) is 5.75 Å². The second-order valence-electron chi connectivity index (χ2n) is 6.28. The van der Waals surface area contributed by atoms with Gasteiger partial charge in [0.05, 0.1) is 11.7 Å². The summed E-state index contributed by atoms with van der Waals surface area (Å²) in [7, 11) is 0. The summed E-state index contributed by atoms with van der Waals surface area (Å²) in [6.45, 7) is 6.89. The van der Waals surface area contributed by atoms with Crippen molar-refractivity contribution in [2.75, 3.05) is 6.61 Å². The molecule has 1 aromatic carbocycles. The van der Waals surface area contributed by atoms with Crippen LogP contribution in [0.1, 0.15) is 39.2 Å². The lowest BCUT2D eigenvalue weighted by Crippen LogP contribution is -2.24. The van der Waals surface area contributed by atoms with Gasteiger partial charge in [0.2, 0.25) is 0 Å². The Morgan fingerprint density at radius 2 is 2.25 bits per heavy atom. The van der Waals surface area contributed by atoms with E-state index in [1.165, 1.54) is 5.56 Å². The van der Waals surface area contributed by atoms with Crippen LogP contribution in [0.5, 0.6) is 5.75 Å². The van der Waals surface area contributed by atoms with Gasteiger partial charge in [-0.1, -0.05) is 15.9 Å². The zero-order valence-corrected chi connectivity index (χ0v) is 14.1. The van der Waals surface area contributed by atoms with Gasteiger partial charge in [-0.05, 0) is 63.8 Å². The number of hydrogen-bond acceptors (Lipinski definition) is 3. The van der Waals surface area contributed by atoms with Crippen LogP contribution >= 0.6 is 15.9 Å². The highest BCUT2D eigenvalue weighted by atomic mass is 79.9. The molecular weight excluding hydrogens is 318 g/mol. The molecule has 2 N–H and O–H groups in total. The van der Waals surface area contributed by atoms with E-state index in [4.69, 9.17) is 15.2 Å². The maximum absolute atomic E-state index is 5.93. The van der Waals surface area contributed by atoms with E-state index in [0.29, 0.717) is 6.61 Å². The number of halogens is 1. The van der Waals surface area contributed by atoms with Crippen molar-refractivity contribution < 1.29 is 9.47 Å². The summed E-state index contributed by atoms with van der Waals surface area (Å²) < 4.78 is 12.9. The Balaban J connectivity index is 1.93. The van der Waals surface area contributed by atoms with Crippen molar-refractivity contribution in [3.63, 3.8) is 0 Å². The van der Waals surface area contributed by atoms with Gasteiger partial charge in [0.15, 0.2) is 0 Å². The molecule has 1 heterocycles. The van der Waals surface area contributed by atoms with E-state index < -0.39 is 0 Å². The Morgan fingerprint density at radius 3 is 2.85 bits per heavy atom. The lowest BCUT2D eigenvalue weighted by molar-refractivity contribution is -0.0326. The first-order valence-electron chi connectivity index (χ1n) is 7.20. The summed E-state index contributed by atoms with van der Waals surface area (Å²) in [6.07, 6.45) is 3.20. The summed E-state index contributed by atoms with van der Waals surface area (Å²) in [5, 5.41) is 0. The van der Waals surface area contributed by atoms with Crippen LogP contribution in [0.4, 0.5) is 0 Å². The smallest absolute Gasteiger partial charge is 0.119 e. The molecule has 2 atom stereocenters. The van der Waals surface area contributed by atoms with E-state index in [9.17, 15) is 0 Å². The molecule has 0 aliphatic carbocycles. The molecule has 0 aromatic heterocycles. The normalized spacial score (nSPS) is 22.8. The topological polar surface area (TPSA) is 44.5 Å². The van der Waals surface area contributed by atoms with E-state index in [-0.39, 0.29) is 17.7 Å². The van der Waals surface area contributed by atoms with E-state index in [1.54, 1.807) is 0 Å². The second kappa shape index (κ2) is 6.46. The number of nitrogens with two attached hydrogens (primary N) is 1. The van der Waals surface area contributed by atoms with Crippen LogP contribution < -0.4 is 10.5 Å². The summed E-state index contributed by atoms with van der Waals surface area (Å²) in [6, 6.07) is 6.20. The average molecular weight is 342 g/mol. The molecular formula is C16H24BrNO2. The van der Waals surface area contributed by atoms with Crippen LogP contribution in [0.25, 0.3) is 0 Å². The molecule has 3 nitrogen and oxygen atoms in total. The van der Waals surface area contributed by atoms with E-state index in [2.05, 4.69) is 35.8 Å². The van der Waals surface area contributed by atoms with Crippen molar-refractivity contribution in [3.05, 3.63) is 28.2 Å². The lowest BCUT2D eigenvalue weighted by atomic mass is 10.1. The second-order valence-corrected chi connectivity index (χ2v) is 7.14. The molecule has 0 amide bonds. The number of hydrogen-bond donors (Lipinski definition) is 1. The number of ether oxygens (including phenoxy) is 2. The lowest BCUT2D eigenvalue weighted by Gasteiger charge is -2.19. The fourth-order valence-electron chi connectivity index (χ4n) is 2.53. The molecule has 4 heteroatoms. The minimum Gasteiger partial charge on any atom is -0.491 e. The Hall–Kier alpha value is -0.580. The van der Waals surface area contributed by atoms with Gasteiger partial charge >= 0.3 is 0 Å². The Bertz CT molecular complexity index is 460. The van der Waals surface area contributed by atoms with E-state index >= 15 is 0 Å². The molecule has 1 aliphatic rings. The third kappa shape index (κ3) is 4.47. The third-order valence-corrected chi connectivity index (χ3v) is 4.32. The molecule has 0 radical (unpaired) electrons. The van der Waals surface area contributed by atoms with Gasteiger partial charge in [-0.3, -0.25) is 0 Å². The predicted molar refractivity (Wildman–Crippen MR) is 85.2 cm³/mol. The highest BCUT2D eigenvalue weighted by Gasteiger charge is 2.31. The van der Waals surface area contributed by atoms with Crippen LogP contribution in [0.3, 0.4) is 0 Å². The van der Waals surface area contributed by atoms with Crippen molar-refractivity contribution >= 4 is 15.9 Å². The van der Waals surface area contributed by atoms with E-state index in [1.807, 2.05) is 19.1 Å². The standard InChI is InChI=1S/C16H24BrNO2/c1-11(18)8-12-9-13(4-5-15(12)17)19-10-14-6-7-16(2,3)20-14/h4-5,9,11,14H,6-8,10,18H2,1-3H3. The van der Waals surface area contributed by atoms with Gasteiger partial charge in [-0.25, -0.2) is 0 Å². The van der Waals surface area contributed by atoms with Gasteiger partial charge in [0.1, 0.15) is 12.4 Å². The minimum absolute atomic E-state index is 0.00607. The predicted octanol–water partition coefficient (Wildman–Crippen LogP) is 3.68. The molecule has 20 heavy (non-hydrogen) atoms. The first-order valence-corrected chi connectivity index (χ1v) is 8.00. The third-order valence-electron chi connectivity index (χ3n) is 3.55. The SMILES string of the molecule is CC(N)Cc1cc(OCC2CCC(C)(C)O2)ccc1Br. The molecule has 1 aromatic rings. The molecule has 0 bridgehead atoms. The van der Waals surface area contributed by atoms with E-state index in [0.717, 1.165) is 29.5 Å². The van der Waals surface area contributed by atoms with Crippen LogP contribution in [0, 0.1) is 0 Å². The number of rotatable bonds is 5. The Kier molecular flexibility index (Phi) is 5.10. The first kappa shape index (κ1) is 15.8. The minimum atomic E-state index is -0.00607. The fourth-order valence-corrected chi connectivity index (χ4v) is 2.94. The van der Waals surface area contributed by atoms with Crippen molar-refractivity contribution in [2.45, 2.75) is 57.8 Å². The first-order chi connectivity index (χ1) is 9.35. The molecule has 0 spiro atoms. The van der Waals surface area contributed by atoms with Gasteiger partial charge in [-0.15, -0.1) is 0 Å². The molecule has 2 rings (SSSR count). The summed E-state index contributed by atoms with van der Waals surface area (Å²) in [4.78, 5) is 0. The number of benzene rings is 1. The van der Waals surface area contributed by atoms with Crippen LogP contribution in [-0.2, 0) is 11.2 Å². The summed E-state index contributed by atoms with van der Waals surface area (Å²) >= 11 is 3.56. The van der Waals surface area contributed by atoms with Crippen molar-refractivity contribution in [1.29, 1.82) is 0 Å². The quantitative estimate of drug-likeness (QED) is 0.888. The van der Waals surface area contributed by atoms with Crippen molar-refractivity contribution in [1.82, 2.24) is 0 Å². The zero-order chi connectivity index (χ0) is 14.8. The molecule has 1 aliphatic heterocycles. The monoisotopic (exact) mass is 341 g/mol. The largest absolute Gasteiger partial charge is 0.491 e. The Morgan fingerprint density at radius 1 is 1.50 bits per heavy atom. The zero-order valence-electron chi connectivity index (χ0n) is 12.5. The highest BCUT2D eigenvalue weighted by Crippen LogP contribution is 2.30. The summed E-state index contributed by atoms with van der Waals surface area (Å²) in [5.74, 6) is 0.886. The fraction of sp³-hybridized carbons (Fsp3) is 0.625. The summed E-state index contributed by atoms with van der Waals surface area (Å²) in [5.41, 5.74) is 7.04. The van der Waals surface area contributed by atoms with Crippen LogP contribution in [0.2, 0.25) is 0 Å². The van der Waals surface area contributed by atoms with Gasteiger partial charge in [-0.2, -0.15) is 0 Å². The highest BCUT2D eigenvalue weighted by molar-refractivity contribution is 9.10. The van der Waals surface area contributed by atoms with Crippen LogP contribution in [0.15, 0.2) is 22.7 Å². The Labute approximate surface area is 130 Å². The van der Waals surface area contributed by atoms with Crippen LogP contribution in [-0.4, -0.2) is 24.4 Å².